The second-order valence-electron chi connectivity index (χ2n) is 4.20. The van der Waals surface area contributed by atoms with Crippen molar-refractivity contribution in [2.45, 2.75) is 26.7 Å². The Hall–Kier alpha value is -1.59. The molecule has 1 atom stereocenters. The smallest absolute Gasteiger partial charge is 0.311 e. The molecule has 0 bridgehead atoms. The minimum atomic E-state index is -0.609. The number of likely N-dealkylation sites (N-methyl/N-ethyl adjacent to an activating group) is 1. The van der Waals surface area contributed by atoms with Crippen molar-refractivity contribution in [3.63, 3.8) is 0 Å². The number of amides is 2. The number of carbonyl (C=O) groups excluding carboxylic acids is 3. The van der Waals surface area contributed by atoms with Gasteiger partial charge in [-0.25, -0.2) is 0 Å². The van der Waals surface area contributed by atoms with Crippen LogP contribution in [0.25, 0.3) is 0 Å². The van der Waals surface area contributed by atoms with Crippen LogP contribution in [0.1, 0.15) is 26.7 Å². The van der Waals surface area contributed by atoms with Gasteiger partial charge in [-0.15, -0.1) is 0 Å². The molecule has 2 amide bonds. The number of likely N-dealkylation sites (tertiary alicyclic amines) is 1. The maximum atomic E-state index is 11.8. The minimum Gasteiger partial charge on any atom is -0.466 e. The molecule has 0 saturated carbocycles. The van der Waals surface area contributed by atoms with Gasteiger partial charge in [0.15, 0.2) is 0 Å². The summed E-state index contributed by atoms with van der Waals surface area (Å²) in [6, 6.07) is 0. The van der Waals surface area contributed by atoms with Crippen molar-refractivity contribution < 1.29 is 19.1 Å². The molecule has 1 unspecified atom stereocenters. The number of piperidine rings is 1. The highest BCUT2D eigenvalue weighted by Gasteiger charge is 2.31. The zero-order valence-electron chi connectivity index (χ0n) is 10.9. The molecular formula is C12H20N2O4. The van der Waals surface area contributed by atoms with E-state index < -0.39 is 11.8 Å². The molecule has 1 fully saturated rings. The number of esters is 1. The standard InChI is InChI=1S/C12H20N2O4/c1-3-13-10(15)11(16)14-7-5-6-9(8-14)12(17)18-4-2/h9H,3-8H2,1-2H3,(H,13,15). The van der Waals surface area contributed by atoms with E-state index in [0.29, 0.717) is 32.5 Å². The van der Waals surface area contributed by atoms with E-state index in [1.807, 2.05) is 0 Å². The van der Waals surface area contributed by atoms with Gasteiger partial charge in [0.2, 0.25) is 0 Å². The Morgan fingerprint density at radius 1 is 1.33 bits per heavy atom. The molecule has 1 aliphatic heterocycles. The molecule has 0 aromatic heterocycles. The second-order valence-corrected chi connectivity index (χ2v) is 4.20. The number of rotatable bonds is 3. The number of nitrogens with one attached hydrogen (secondary N) is 1. The summed E-state index contributed by atoms with van der Waals surface area (Å²) in [6.45, 7) is 5.04. The Labute approximate surface area is 107 Å². The quantitative estimate of drug-likeness (QED) is 0.566. The lowest BCUT2D eigenvalue weighted by molar-refractivity contribution is -0.153. The van der Waals surface area contributed by atoms with Crippen molar-refractivity contribution in [2.24, 2.45) is 5.92 Å². The first-order valence-corrected chi connectivity index (χ1v) is 6.33. The molecule has 6 heteroatoms. The van der Waals surface area contributed by atoms with Gasteiger partial charge in [-0.3, -0.25) is 14.4 Å². The summed E-state index contributed by atoms with van der Waals surface area (Å²) >= 11 is 0. The normalized spacial score (nSPS) is 19.2. The van der Waals surface area contributed by atoms with Crippen LogP contribution in [0.2, 0.25) is 0 Å². The van der Waals surface area contributed by atoms with Crippen molar-refractivity contribution in [3.8, 4) is 0 Å². The van der Waals surface area contributed by atoms with Gasteiger partial charge < -0.3 is 15.0 Å². The molecule has 1 aliphatic rings. The van der Waals surface area contributed by atoms with E-state index in [2.05, 4.69) is 5.32 Å². The monoisotopic (exact) mass is 256 g/mol. The number of carbonyl (C=O) groups is 3. The van der Waals surface area contributed by atoms with Crippen LogP contribution in [0.5, 0.6) is 0 Å². The van der Waals surface area contributed by atoms with Gasteiger partial charge >= 0.3 is 17.8 Å². The van der Waals surface area contributed by atoms with Crippen LogP contribution in [0.15, 0.2) is 0 Å². The largest absolute Gasteiger partial charge is 0.466 e. The van der Waals surface area contributed by atoms with E-state index in [-0.39, 0.29) is 18.4 Å². The first kappa shape index (κ1) is 14.5. The molecule has 0 aromatic carbocycles. The lowest BCUT2D eigenvalue weighted by atomic mass is 9.98. The Morgan fingerprint density at radius 2 is 2.06 bits per heavy atom. The molecule has 1 heterocycles. The van der Waals surface area contributed by atoms with Gasteiger partial charge in [-0.1, -0.05) is 0 Å². The maximum Gasteiger partial charge on any atom is 0.311 e. The highest BCUT2D eigenvalue weighted by Crippen LogP contribution is 2.18. The molecule has 1 saturated heterocycles. The minimum absolute atomic E-state index is 0.273. The fourth-order valence-electron chi connectivity index (χ4n) is 1.99. The third-order valence-corrected chi connectivity index (χ3v) is 2.86. The van der Waals surface area contributed by atoms with Crippen molar-refractivity contribution in [3.05, 3.63) is 0 Å². The summed E-state index contributed by atoms with van der Waals surface area (Å²) in [5.74, 6) is -1.77. The van der Waals surface area contributed by atoms with Crippen LogP contribution < -0.4 is 5.32 Å². The summed E-state index contributed by atoms with van der Waals surface area (Å²) in [5, 5.41) is 2.47. The predicted molar refractivity (Wildman–Crippen MR) is 64.6 cm³/mol. The number of ether oxygens (including phenoxy) is 1. The van der Waals surface area contributed by atoms with Gasteiger partial charge in [-0.2, -0.15) is 0 Å². The van der Waals surface area contributed by atoms with Gasteiger partial charge in [0.25, 0.3) is 0 Å². The van der Waals surface area contributed by atoms with Crippen molar-refractivity contribution in [2.75, 3.05) is 26.2 Å². The van der Waals surface area contributed by atoms with Crippen LogP contribution in [-0.4, -0.2) is 48.9 Å². The number of hydrogen-bond acceptors (Lipinski definition) is 4. The van der Waals surface area contributed by atoms with Gasteiger partial charge in [-0.05, 0) is 26.7 Å². The van der Waals surface area contributed by atoms with Crippen LogP contribution in [0.3, 0.4) is 0 Å². The van der Waals surface area contributed by atoms with Gasteiger partial charge in [0.1, 0.15) is 0 Å². The summed E-state index contributed by atoms with van der Waals surface area (Å²) in [5.41, 5.74) is 0. The van der Waals surface area contributed by atoms with Crippen LogP contribution in [0, 0.1) is 5.92 Å². The molecule has 0 aromatic rings. The van der Waals surface area contributed by atoms with Crippen LogP contribution in [-0.2, 0) is 19.1 Å². The maximum absolute atomic E-state index is 11.8. The highest BCUT2D eigenvalue weighted by molar-refractivity contribution is 6.35. The molecule has 1 rings (SSSR count). The van der Waals surface area contributed by atoms with Crippen LogP contribution >= 0.6 is 0 Å². The topological polar surface area (TPSA) is 75.7 Å². The summed E-state index contributed by atoms with van der Waals surface area (Å²) in [7, 11) is 0. The van der Waals surface area contributed by atoms with Crippen molar-refractivity contribution in [1.82, 2.24) is 10.2 Å². The Kier molecular flexibility index (Phi) is 5.61. The van der Waals surface area contributed by atoms with E-state index >= 15 is 0 Å². The SMILES string of the molecule is CCNC(=O)C(=O)N1CCCC(C(=O)OCC)C1. The fraction of sp³-hybridized carbons (Fsp3) is 0.750. The van der Waals surface area contributed by atoms with E-state index in [4.69, 9.17) is 4.74 Å². The average molecular weight is 256 g/mol. The molecule has 1 N–H and O–H groups in total. The van der Waals surface area contributed by atoms with Crippen molar-refractivity contribution >= 4 is 17.8 Å². The molecule has 0 spiro atoms. The van der Waals surface area contributed by atoms with E-state index in [1.165, 1.54) is 4.90 Å². The average Bonchev–Trinajstić information content (AvgIpc) is 2.38. The summed E-state index contributed by atoms with van der Waals surface area (Å²) in [4.78, 5) is 36.2. The molecule has 6 nitrogen and oxygen atoms in total. The van der Waals surface area contributed by atoms with E-state index in [1.54, 1.807) is 13.8 Å². The van der Waals surface area contributed by atoms with E-state index in [0.717, 1.165) is 0 Å². The van der Waals surface area contributed by atoms with Gasteiger partial charge in [0.05, 0.1) is 12.5 Å². The zero-order chi connectivity index (χ0) is 13.5. The summed E-state index contributed by atoms with van der Waals surface area (Å²) in [6.07, 6.45) is 1.42. The van der Waals surface area contributed by atoms with Crippen LogP contribution in [0.4, 0.5) is 0 Å². The molecular weight excluding hydrogens is 236 g/mol. The second kappa shape index (κ2) is 6.98. The van der Waals surface area contributed by atoms with E-state index in [9.17, 15) is 14.4 Å². The van der Waals surface area contributed by atoms with Gasteiger partial charge in [0, 0.05) is 19.6 Å². The summed E-state index contributed by atoms with van der Waals surface area (Å²) < 4.78 is 4.94. The Balaban J connectivity index is 2.55. The first-order chi connectivity index (χ1) is 8.60. The molecule has 18 heavy (non-hydrogen) atoms. The molecule has 0 radical (unpaired) electrons. The Morgan fingerprint density at radius 3 is 2.67 bits per heavy atom. The predicted octanol–water partition coefficient (Wildman–Crippen LogP) is -0.0758. The third kappa shape index (κ3) is 3.72. The first-order valence-electron chi connectivity index (χ1n) is 6.33. The number of hydrogen-bond donors (Lipinski definition) is 1. The Bertz CT molecular complexity index is 330. The molecule has 0 aliphatic carbocycles. The zero-order valence-corrected chi connectivity index (χ0v) is 10.9. The molecule has 102 valence electrons. The number of nitrogens with zero attached hydrogens (tertiary/aromatic N) is 1. The lowest BCUT2D eigenvalue weighted by Crippen LogP contribution is -2.48. The third-order valence-electron chi connectivity index (χ3n) is 2.86. The fourth-order valence-corrected chi connectivity index (χ4v) is 1.99. The highest BCUT2D eigenvalue weighted by atomic mass is 16.5. The lowest BCUT2D eigenvalue weighted by Gasteiger charge is -2.30. The van der Waals surface area contributed by atoms with Crippen molar-refractivity contribution in [1.29, 1.82) is 0 Å².